The Kier molecular flexibility index (Phi) is 7.05. The molecule has 0 unspecified atom stereocenters. The summed E-state index contributed by atoms with van der Waals surface area (Å²) in [4.78, 5) is 28.5. The highest BCUT2D eigenvalue weighted by Gasteiger charge is 2.17. The maximum Gasteiger partial charge on any atom is 0.166 e. The summed E-state index contributed by atoms with van der Waals surface area (Å²) in [5.74, 6) is 1.33. The number of aromatic nitrogens is 4. The fourth-order valence-electron chi connectivity index (χ4n) is 3.84. The Morgan fingerprint density at radius 1 is 1.10 bits per heavy atom. The lowest BCUT2D eigenvalue weighted by Crippen LogP contribution is -2.40. The predicted molar refractivity (Wildman–Crippen MR) is 127 cm³/mol. The van der Waals surface area contributed by atoms with Gasteiger partial charge in [0.05, 0.1) is 6.33 Å². The Morgan fingerprint density at radius 3 is 2.42 bits per heavy atom. The minimum atomic E-state index is 0.0240. The van der Waals surface area contributed by atoms with Crippen molar-refractivity contribution in [3.63, 3.8) is 0 Å². The minimum Gasteiger partial charge on any atom is -0.367 e. The van der Waals surface area contributed by atoms with Crippen LogP contribution in [0.5, 0.6) is 0 Å². The summed E-state index contributed by atoms with van der Waals surface area (Å²) in [5, 5.41) is 3.49. The Morgan fingerprint density at radius 2 is 1.81 bits per heavy atom. The van der Waals surface area contributed by atoms with E-state index in [2.05, 4.69) is 61.3 Å². The van der Waals surface area contributed by atoms with Crippen molar-refractivity contribution in [3.8, 4) is 11.4 Å². The Hall–Kier alpha value is -2.80. The van der Waals surface area contributed by atoms with Gasteiger partial charge in [-0.25, -0.2) is 15.0 Å². The van der Waals surface area contributed by atoms with Crippen molar-refractivity contribution in [1.29, 1.82) is 0 Å². The molecule has 1 N–H and O–H groups in total. The van der Waals surface area contributed by atoms with Crippen LogP contribution in [0.15, 0.2) is 30.6 Å². The number of rotatable bonds is 9. The molecule has 0 amide bonds. The number of fused-ring (bicyclic) bond motifs is 1. The Labute approximate surface area is 184 Å². The second-order valence-electron chi connectivity index (χ2n) is 8.80. The van der Waals surface area contributed by atoms with Gasteiger partial charge in [0.1, 0.15) is 5.52 Å². The molecule has 0 aliphatic carbocycles. The third-order valence-electron chi connectivity index (χ3n) is 5.49. The molecule has 166 valence electrons. The summed E-state index contributed by atoms with van der Waals surface area (Å²) in [5.41, 5.74) is 3.03. The van der Waals surface area contributed by atoms with Gasteiger partial charge in [0.2, 0.25) is 0 Å². The number of carbonyl (C=O) groups excluding carboxylic acids is 1. The van der Waals surface area contributed by atoms with Crippen LogP contribution < -0.4 is 5.32 Å². The number of hydrogen-bond acceptors (Lipinski definition) is 6. The van der Waals surface area contributed by atoms with Crippen LogP contribution in [0, 0.1) is 0 Å². The number of anilines is 1. The van der Waals surface area contributed by atoms with Crippen LogP contribution >= 0.6 is 0 Å². The molecule has 3 aromatic rings. The van der Waals surface area contributed by atoms with Gasteiger partial charge in [-0.2, -0.15) is 0 Å². The predicted octanol–water partition coefficient (Wildman–Crippen LogP) is 4.81. The molecule has 31 heavy (non-hydrogen) atoms. The average molecular weight is 423 g/mol. The highest BCUT2D eigenvalue weighted by atomic mass is 16.1. The molecular weight excluding hydrogens is 388 g/mol. The monoisotopic (exact) mass is 422 g/mol. The van der Waals surface area contributed by atoms with E-state index in [0.29, 0.717) is 23.5 Å². The standard InChI is InChI=1S/C24H34N6O/c1-15(2)29(16(3)4)12-11-25-23-21-24(30(14-26-21)17(5)6)28-22(27-23)20-10-8-9-19(13-20)18(7)31/h8-10,13-17H,11-12H2,1-7H3,(H,25,27,28). The third-order valence-corrected chi connectivity index (χ3v) is 5.49. The molecule has 0 saturated carbocycles. The van der Waals surface area contributed by atoms with Crippen molar-refractivity contribution in [3.05, 3.63) is 36.2 Å². The summed E-state index contributed by atoms with van der Waals surface area (Å²) >= 11 is 0. The third kappa shape index (κ3) is 5.10. The molecule has 0 saturated heterocycles. The first kappa shape index (κ1) is 22.9. The summed E-state index contributed by atoms with van der Waals surface area (Å²) < 4.78 is 2.05. The van der Waals surface area contributed by atoms with Crippen molar-refractivity contribution in [2.45, 2.75) is 66.6 Å². The second kappa shape index (κ2) is 9.56. The van der Waals surface area contributed by atoms with Gasteiger partial charge in [0.15, 0.2) is 23.1 Å². The van der Waals surface area contributed by atoms with E-state index in [9.17, 15) is 4.79 Å². The quantitative estimate of drug-likeness (QED) is 0.499. The van der Waals surface area contributed by atoms with Crippen LogP contribution in [0.1, 0.15) is 64.9 Å². The van der Waals surface area contributed by atoms with E-state index in [-0.39, 0.29) is 11.8 Å². The summed E-state index contributed by atoms with van der Waals surface area (Å²) in [6.45, 7) is 16.3. The topological polar surface area (TPSA) is 75.9 Å². The molecule has 2 heterocycles. The van der Waals surface area contributed by atoms with E-state index in [1.54, 1.807) is 6.92 Å². The van der Waals surface area contributed by atoms with Gasteiger partial charge in [-0.05, 0) is 54.5 Å². The van der Waals surface area contributed by atoms with Gasteiger partial charge in [-0.15, -0.1) is 0 Å². The van der Waals surface area contributed by atoms with Gasteiger partial charge in [0, 0.05) is 42.3 Å². The van der Waals surface area contributed by atoms with Crippen LogP contribution in [0.25, 0.3) is 22.6 Å². The van der Waals surface area contributed by atoms with Gasteiger partial charge < -0.3 is 9.88 Å². The summed E-state index contributed by atoms with van der Waals surface area (Å²) in [7, 11) is 0. The highest BCUT2D eigenvalue weighted by Crippen LogP contribution is 2.26. The molecule has 7 nitrogen and oxygen atoms in total. The molecule has 3 rings (SSSR count). The zero-order valence-electron chi connectivity index (χ0n) is 19.7. The molecule has 2 aromatic heterocycles. The molecule has 0 aliphatic heterocycles. The van der Waals surface area contributed by atoms with E-state index < -0.39 is 0 Å². The lowest BCUT2D eigenvalue weighted by molar-refractivity contribution is 0.101. The van der Waals surface area contributed by atoms with E-state index >= 15 is 0 Å². The van der Waals surface area contributed by atoms with Crippen LogP contribution in [0.3, 0.4) is 0 Å². The molecular formula is C24H34N6O. The number of nitrogens with one attached hydrogen (secondary N) is 1. The number of imidazole rings is 1. The van der Waals surface area contributed by atoms with E-state index in [1.165, 1.54) is 0 Å². The van der Waals surface area contributed by atoms with Gasteiger partial charge in [-0.1, -0.05) is 18.2 Å². The maximum absolute atomic E-state index is 11.9. The first-order valence-corrected chi connectivity index (χ1v) is 11.0. The maximum atomic E-state index is 11.9. The number of ketones is 1. The minimum absolute atomic E-state index is 0.0240. The van der Waals surface area contributed by atoms with Gasteiger partial charge in [0.25, 0.3) is 0 Å². The van der Waals surface area contributed by atoms with Crippen LogP contribution in [0.2, 0.25) is 0 Å². The second-order valence-corrected chi connectivity index (χ2v) is 8.80. The average Bonchev–Trinajstić information content (AvgIpc) is 3.15. The molecule has 0 spiro atoms. The van der Waals surface area contributed by atoms with E-state index in [0.717, 1.165) is 35.6 Å². The Balaban J connectivity index is 2.00. The van der Waals surface area contributed by atoms with Gasteiger partial charge >= 0.3 is 0 Å². The molecule has 0 aliphatic rings. The lowest BCUT2D eigenvalue weighted by Gasteiger charge is -2.30. The number of benzene rings is 1. The highest BCUT2D eigenvalue weighted by molar-refractivity contribution is 5.95. The van der Waals surface area contributed by atoms with Crippen molar-refractivity contribution in [2.24, 2.45) is 0 Å². The number of nitrogens with zero attached hydrogens (tertiary/aromatic N) is 5. The first-order chi connectivity index (χ1) is 14.7. The van der Waals surface area contributed by atoms with Crippen molar-refractivity contribution in [1.82, 2.24) is 24.4 Å². The number of Topliss-reactive ketones (excluding diaryl/α,β-unsaturated/α-hetero) is 1. The largest absolute Gasteiger partial charge is 0.367 e. The zero-order chi connectivity index (χ0) is 22.7. The van der Waals surface area contributed by atoms with Crippen molar-refractivity contribution >= 4 is 22.8 Å². The number of hydrogen-bond donors (Lipinski definition) is 1. The van der Waals surface area contributed by atoms with Gasteiger partial charge in [-0.3, -0.25) is 9.69 Å². The molecule has 0 radical (unpaired) electrons. The molecule has 7 heteroatoms. The lowest BCUT2D eigenvalue weighted by atomic mass is 10.1. The first-order valence-electron chi connectivity index (χ1n) is 11.0. The van der Waals surface area contributed by atoms with E-state index in [4.69, 9.17) is 9.97 Å². The van der Waals surface area contributed by atoms with E-state index in [1.807, 2.05) is 30.6 Å². The summed E-state index contributed by atoms with van der Waals surface area (Å²) in [6, 6.07) is 8.63. The fraction of sp³-hybridized carbons (Fsp3) is 0.500. The molecule has 0 fully saturated rings. The summed E-state index contributed by atoms with van der Waals surface area (Å²) in [6.07, 6.45) is 1.82. The smallest absolute Gasteiger partial charge is 0.166 e. The zero-order valence-corrected chi connectivity index (χ0v) is 19.7. The van der Waals surface area contributed by atoms with Crippen molar-refractivity contribution < 1.29 is 4.79 Å². The normalized spacial score (nSPS) is 12.0. The molecule has 1 aromatic carbocycles. The molecule has 0 bridgehead atoms. The fourth-order valence-corrected chi connectivity index (χ4v) is 3.84. The van der Waals surface area contributed by atoms with Crippen LogP contribution in [-0.4, -0.2) is 55.4 Å². The van der Waals surface area contributed by atoms with Crippen molar-refractivity contribution in [2.75, 3.05) is 18.4 Å². The Bertz CT molecular complexity index is 1050. The molecule has 0 atom stereocenters. The van der Waals surface area contributed by atoms with Crippen LogP contribution in [-0.2, 0) is 0 Å². The van der Waals surface area contributed by atoms with Crippen LogP contribution in [0.4, 0.5) is 5.82 Å². The SMILES string of the molecule is CC(=O)c1cccc(-c2nc(NCCN(C(C)C)C(C)C)c3ncn(C(C)C)c3n2)c1. The number of carbonyl (C=O) groups is 1.